The Balaban J connectivity index is 1.65. The highest BCUT2D eigenvalue weighted by molar-refractivity contribution is 7.98. The van der Waals surface area contributed by atoms with Crippen molar-refractivity contribution in [3.05, 3.63) is 58.6 Å². The van der Waals surface area contributed by atoms with Crippen molar-refractivity contribution >= 4 is 39.3 Å². The third-order valence-corrected chi connectivity index (χ3v) is 9.10. The summed E-state index contributed by atoms with van der Waals surface area (Å²) in [6.07, 6.45) is 5.77. The normalized spacial score (nSPS) is 14.8. The Labute approximate surface area is 229 Å². The highest BCUT2D eigenvalue weighted by atomic mass is 32.2. The van der Waals surface area contributed by atoms with Gasteiger partial charge in [-0.3, -0.25) is 14.4 Å². The molecular weight excluding hydrogens is 526 g/mol. The van der Waals surface area contributed by atoms with Crippen molar-refractivity contribution in [2.45, 2.75) is 68.3 Å². The summed E-state index contributed by atoms with van der Waals surface area (Å²) in [5, 5.41) is 11.6. The molecule has 11 heteroatoms. The van der Waals surface area contributed by atoms with E-state index in [1.165, 1.54) is 28.6 Å². The van der Waals surface area contributed by atoms with Crippen LogP contribution in [0.5, 0.6) is 0 Å². The number of benzene rings is 2. The first-order valence-corrected chi connectivity index (χ1v) is 15.5. The molecule has 1 fully saturated rings. The van der Waals surface area contributed by atoms with Crippen molar-refractivity contribution in [2.24, 2.45) is 5.92 Å². The van der Waals surface area contributed by atoms with Crippen LogP contribution < -0.4 is 4.31 Å². The Bertz CT molecular complexity index is 1200. The zero-order valence-electron chi connectivity index (χ0n) is 22.5. The molecule has 208 valence electrons. The van der Waals surface area contributed by atoms with Gasteiger partial charge >= 0.3 is 6.09 Å². The molecule has 0 aromatic heterocycles. The van der Waals surface area contributed by atoms with Crippen molar-refractivity contribution in [1.29, 1.82) is 0 Å². The molecule has 9 nitrogen and oxygen atoms in total. The first kappa shape index (κ1) is 29.8. The van der Waals surface area contributed by atoms with Crippen LogP contribution in [0.25, 0.3) is 0 Å². The standard InChI is InChI=1S/C27H37N3O6S2/c1-27(2,3)36-26(31)28-19-16-21(17-20-28)9-7-8-18-29(22-12-14-23(37-4)15-13-22)38(34,35)25-11-6-5-10-24(25)30(32)33/h5-6,10-15,21H,7-9,16-20H2,1-4H3. The molecule has 2 aromatic rings. The lowest BCUT2D eigenvalue weighted by atomic mass is 9.92. The minimum atomic E-state index is -4.16. The van der Waals surface area contributed by atoms with E-state index in [4.69, 9.17) is 4.74 Å². The van der Waals surface area contributed by atoms with Crippen LogP contribution in [0.4, 0.5) is 16.2 Å². The summed E-state index contributed by atoms with van der Waals surface area (Å²) in [5.74, 6) is 0.454. The van der Waals surface area contributed by atoms with Crippen LogP contribution in [0, 0.1) is 16.0 Å². The molecule has 1 amide bonds. The lowest BCUT2D eigenvalue weighted by molar-refractivity contribution is -0.387. The number of thioether (sulfide) groups is 1. The Hall–Kier alpha value is -2.79. The number of para-hydroxylation sites is 1. The van der Waals surface area contributed by atoms with Crippen LogP contribution in [0.3, 0.4) is 0 Å². The summed E-state index contributed by atoms with van der Waals surface area (Å²) < 4.78 is 34.1. The average molecular weight is 564 g/mol. The Morgan fingerprint density at radius 1 is 1.11 bits per heavy atom. The van der Waals surface area contributed by atoms with Gasteiger partial charge in [0, 0.05) is 30.6 Å². The fraction of sp³-hybridized carbons (Fsp3) is 0.519. The van der Waals surface area contributed by atoms with Crippen molar-refractivity contribution in [3.63, 3.8) is 0 Å². The van der Waals surface area contributed by atoms with Crippen LogP contribution in [0.15, 0.2) is 58.3 Å². The maximum absolute atomic E-state index is 13.7. The molecule has 0 unspecified atom stereocenters. The quantitative estimate of drug-likeness (QED) is 0.144. The highest BCUT2D eigenvalue weighted by Crippen LogP contribution is 2.32. The molecule has 2 aromatic carbocycles. The van der Waals surface area contributed by atoms with E-state index >= 15 is 0 Å². The third kappa shape index (κ3) is 7.86. The summed E-state index contributed by atoms with van der Waals surface area (Å²) in [7, 11) is -4.16. The number of nitrogens with zero attached hydrogens (tertiary/aromatic N) is 3. The second-order valence-electron chi connectivity index (χ2n) is 10.4. The predicted octanol–water partition coefficient (Wildman–Crippen LogP) is 6.33. The van der Waals surface area contributed by atoms with E-state index in [-0.39, 0.29) is 17.5 Å². The number of nitro benzene ring substituents is 1. The molecule has 1 heterocycles. The van der Waals surface area contributed by atoms with Gasteiger partial charge in [0.05, 0.1) is 10.6 Å². The number of carbonyl (C=O) groups excluding carboxylic acids is 1. The largest absolute Gasteiger partial charge is 0.444 e. The maximum Gasteiger partial charge on any atom is 0.410 e. The van der Waals surface area contributed by atoms with Gasteiger partial charge in [0.25, 0.3) is 15.7 Å². The van der Waals surface area contributed by atoms with E-state index in [1.807, 2.05) is 39.2 Å². The second-order valence-corrected chi connectivity index (χ2v) is 13.1. The van der Waals surface area contributed by atoms with Gasteiger partial charge in [-0.2, -0.15) is 0 Å². The van der Waals surface area contributed by atoms with Crippen LogP contribution >= 0.6 is 11.8 Å². The maximum atomic E-state index is 13.7. The fourth-order valence-corrected chi connectivity index (χ4v) is 6.57. The number of piperidine rings is 1. The number of rotatable bonds is 10. The fourth-order valence-electron chi connectivity index (χ4n) is 4.50. The SMILES string of the molecule is CSc1ccc(N(CCCCC2CCN(C(=O)OC(C)(C)C)CC2)S(=O)(=O)c2ccccc2[N+](=O)[O-])cc1. The van der Waals surface area contributed by atoms with Gasteiger partial charge in [0.15, 0.2) is 4.90 Å². The highest BCUT2D eigenvalue weighted by Gasteiger charge is 2.32. The first-order valence-electron chi connectivity index (χ1n) is 12.8. The Morgan fingerprint density at radius 2 is 1.74 bits per heavy atom. The number of unbranched alkanes of at least 4 members (excludes halogenated alkanes) is 1. The average Bonchev–Trinajstić information content (AvgIpc) is 2.88. The number of amides is 1. The number of ether oxygens (including phenoxy) is 1. The zero-order chi connectivity index (χ0) is 27.9. The van der Waals surface area contributed by atoms with Crippen LogP contribution in [-0.2, 0) is 14.8 Å². The van der Waals surface area contributed by atoms with Gasteiger partial charge in [-0.25, -0.2) is 13.2 Å². The lowest BCUT2D eigenvalue weighted by Gasteiger charge is -2.33. The minimum Gasteiger partial charge on any atom is -0.444 e. The van der Waals surface area contributed by atoms with Crippen molar-refractivity contribution < 1.29 is 22.9 Å². The van der Waals surface area contributed by atoms with E-state index in [9.17, 15) is 23.3 Å². The summed E-state index contributed by atoms with van der Waals surface area (Å²) >= 11 is 1.55. The van der Waals surface area contributed by atoms with Crippen molar-refractivity contribution in [3.8, 4) is 0 Å². The van der Waals surface area contributed by atoms with Crippen molar-refractivity contribution in [1.82, 2.24) is 4.90 Å². The monoisotopic (exact) mass is 563 g/mol. The van der Waals surface area contributed by atoms with E-state index in [2.05, 4.69) is 0 Å². The number of likely N-dealkylation sites (tertiary alicyclic amines) is 1. The zero-order valence-corrected chi connectivity index (χ0v) is 24.1. The molecule has 1 saturated heterocycles. The van der Waals surface area contributed by atoms with Gasteiger partial charge in [0.2, 0.25) is 0 Å². The molecule has 0 atom stereocenters. The minimum absolute atomic E-state index is 0.212. The van der Waals surface area contributed by atoms with Gasteiger partial charge in [-0.05, 0) is 82.5 Å². The van der Waals surface area contributed by atoms with E-state index in [0.29, 0.717) is 31.1 Å². The van der Waals surface area contributed by atoms with Crippen molar-refractivity contribution in [2.75, 3.05) is 30.2 Å². The summed E-state index contributed by atoms with van der Waals surface area (Å²) in [6, 6.07) is 12.6. The summed E-state index contributed by atoms with van der Waals surface area (Å²) in [5.41, 5.74) is -0.475. The molecule has 1 aliphatic heterocycles. The van der Waals surface area contributed by atoms with Crippen LogP contribution in [0.2, 0.25) is 0 Å². The molecule has 0 bridgehead atoms. The van der Waals surface area contributed by atoms with E-state index < -0.39 is 26.2 Å². The van der Waals surface area contributed by atoms with Gasteiger partial charge < -0.3 is 9.64 Å². The Morgan fingerprint density at radius 3 is 2.32 bits per heavy atom. The molecule has 0 spiro atoms. The predicted molar refractivity (Wildman–Crippen MR) is 150 cm³/mol. The van der Waals surface area contributed by atoms with Gasteiger partial charge in [0.1, 0.15) is 5.60 Å². The third-order valence-electron chi connectivity index (χ3n) is 6.48. The smallest absolute Gasteiger partial charge is 0.410 e. The number of anilines is 1. The van der Waals surface area contributed by atoms with Gasteiger partial charge in [-0.1, -0.05) is 25.0 Å². The topological polar surface area (TPSA) is 110 Å². The molecule has 3 rings (SSSR count). The molecule has 0 N–H and O–H groups in total. The number of hydrogen-bond acceptors (Lipinski definition) is 7. The number of carbonyl (C=O) groups is 1. The molecule has 0 aliphatic carbocycles. The molecular formula is C27H37N3O6S2. The Kier molecular flexibility index (Phi) is 10.1. The van der Waals surface area contributed by atoms with Crippen LogP contribution in [0.1, 0.15) is 52.9 Å². The van der Waals surface area contributed by atoms with Crippen LogP contribution in [-0.4, -0.2) is 55.8 Å². The molecule has 1 aliphatic rings. The molecule has 0 saturated carbocycles. The first-order chi connectivity index (χ1) is 17.9. The van der Waals surface area contributed by atoms with E-state index in [0.717, 1.165) is 30.6 Å². The number of sulfonamides is 1. The summed E-state index contributed by atoms with van der Waals surface area (Å²) in [6.45, 7) is 7.08. The van der Waals surface area contributed by atoms with Gasteiger partial charge in [-0.15, -0.1) is 11.8 Å². The second kappa shape index (κ2) is 12.8. The number of hydrogen-bond donors (Lipinski definition) is 0. The summed E-state index contributed by atoms with van der Waals surface area (Å²) in [4.78, 5) is 25.6. The lowest BCUT2D eigenvalue weighted by Crippen LogP contribution is -2.41. The molecule has 38 heavy (non-hydrogen) atoms. The number of nitro groups is 1. The molecule has 0 radical (unpaired) electrons. The van der Waals surface area contributed by atoms with E-state index in [1.54, 1.807) is 28.8 Å².